The minimum Gasteiger partial charge on any atom is -0.355 e. The second-order valence-corrected chi connectivity index (χ2v) is 7.65. The summed E-state index contributed by atoms with van der Waals surface area (Å²) in [5.41, 5.74) is 0.630. The highest BCUT2D eigenvalue weighted by molar-refractivity contribution is 6.30. The highest BCUT2D eigenvalue weighted by atomic mass is 35.5. The van der Waals surface area contributed by atoms with Gasteiger partial charge in [-0.2, -0.15) is 13.2 Å². The predicted octanol–water partition coefficient (Wildman–Crippen LogP) is 5.10. The first-order valence-corrected chi connectivity index (χ1v) is 8.58. The minimum atomic E-state index is -4.21. The quantitative estimate of drug-likeness (QED) is 0.794. The van der Waals surface area contributed by atoms with E-state index in [9.17, 15) is 18.0 Å². The molecule has 0 spiro atoms. The Morgan fingerprint density at radius 1 is 1.29 bits per heavy atom. The van der Waals surface area contributed by atoms with Gasteiger partial charge in [-0.15, -0.1) is 0 Å². The van der Waals surface area contributed by atoms with Gasteiger partial charge >= 0.3 is 6.18 Å². The Hall–Kier alpha value is -1.23. The van der Waals surface area contributed by atoms with E-state index in [1.54, 1.807) is 6.07 Å². The van der Waals surface area contributed by atoms with Crippen molar-refractivity contribution in [1.29, 1.82) is 0 Å². The van der Waals surface area contributed by atoms with E-state index in [2.05, 4.69) is 5.32 Å². The Morgan fingerprint density at radius 2 is 2.00 bits per heavy atom. The van der Waals surface area contributed by atoms with E-state index in [0.717, 1.165) is 5.56 Å². The average molecular weight is 362 g/mol. The zero-order valence-electron chi connectivity index (χ0n) is 13.9. The molecule has 0 aromatic heterocycles. The molecule has 1 fully saturated rings. The Kier molecular flexibility index (Phi) is 5.84. The van der Waals surface area contributed by atoms with Gasteiger partial charge in [0, 0.05) is 22.9 Å². The molecule has 6 heteroatoms. The van der Waals surface area contributed by atoms with Gasteiger partial charge in [-0.25, -0.2) is 0 Å². The monoisotopic (exact) mass is 361 g/mol. The molecular weight excluding hydrogens is 339 g/mol. The number of hydrogen-bond donors (Lipinski definition) is 1. The van der Waals surface area contributed by atoms with Crippen molar-refractivity contribution in [3.05, 3.63) is 34.9 Å². The van der Waals surface area contributed by atoms with Gasteiger partial charge in [-0.05, 0) is 37.0 Å². The van der Waals surface area contributed by atoms with Gasteiger partial charge in [0.25, 0.3) is 0 Å². The van der Waals surface area contributed by atoms with Gasteiger partial charge in [0.05, 0.1) is 5.92 Å². The standard InChI is InChI=1S/C18H23ClF3NO/c1-17(2,13-6-4-8-15(19)10-13)11-23-16(24)12-5-3-7-14(9-12)18(20,21)22/h4,6,8,10,12,14H,3,5,7,9,11H2,1-2H3,(H,23,24). The molecule has 0 radical (unpaired) electrons. The van der Waals surface area contributed by atoms with Crippen LogP contribution in [0.4, 0.5) is 13.2 Å². The molecule has 2 unspecified atom stereocenters. The molecule has 0 aliphatic heterocycles. The van der Waals surface area contributed by atoms with E-state index in [-0.39, 0.29) is 24.2 Å². The van der Waals surface area contributed by atoms with E-state index < -0.39 is 18.0 Å². The van der Waals surface area contributed by atoms with Crippen molar-refractivity contribution in [3.63, 3.8) is 0 Å². The average Bonchev–Trinajstić information content (AvgIpc) is 2.52. The zero-order chi connectivity index (χ0) is 18.0. The Balaban J connectivity index is 1.95. The van der Waals surface area contributed by atoms with Crippen molar-refractivity contribution in [2.24, 2.45) is 11.8 Å². The summed E-state index contributed by atoms with van der Waals surface area (Å²) in [7, 11) is 0. The van der Waals surface area contributed by atoms with E-state index in [1.165, 1.54) is 0 Å². The molecule has 1 N–H and O–H groups in total. The molecule has 1 amide bonds. The maximum atomic E-state index is 12.9. The summed E-state index contributed by atoms with van der Waals surface area (Å²) in [6.07, 6.45) is -3.22. The largest absolute Gasteiger partial charge is 0.391 e. The van der Waals surface area contributed by atoms with Crippen LogP contribution in [0.3, 0.4) is 0 Å². The topological polar surface area (TPSA) is 29.1 Å². The molecule has 1 aromatic carbocycles. The fourth-order valence-corrected chi connectivity index (χ4v) is 3.38. The maximum absolute atomic E-state index is 12.9. The summed E-state index contributed by atoms with van der Waals surface area (Å²) >= 11 is 6.00. The Bertz CT molecular complexity index is 586. The van der Waals surface area contributed by atoms with Gasteiger partial charge in [0.15, 0.2) is 0 Å². The van der Waals surface area contributed by atoms with Gasteiger partial charge in [0.1, 0.15) is 0 Å². The van der Waals surface area contributed by atoms with E-state index in [0.29, 0.717) is 24.4 Å². The van der Waals surface area contributed by atoms with Crippen LogP contribution in [0.15, 0.2) is 24.3 Å². The number of carbonyl (C=O) groups is 1. The molecule has 134 valence electrons. The first-order chi connectivity index (χ1) is 11.1. The summed E-state index contributed by atoms with van der Waals surface area (Å²) in [5, 5.41) is 3.45. The summed E-state index contributed by atoms with van der Waals surface area (Å²) in [6, 6.07) is 7.39. The number of amides is 1. The second-order valence-electron chi connectivity index (χ2n) is 7.21. The zero-order valence-corrected chi connectivity index (χ0v) is 14.7. The molecule has 2 atom stereocenters. The molecular formula is C18H23ClF3NO. The molecule has 1 aliphatic carbocycles. The maximum Gasteiger partial charge on any atom is 0.391 e. The van der Waals surface area contributed by atoms with Gasteiger partial charge in [-0.1, -0.05) is 44.0 Å². The van der Waals surface area contributed by atoms with Crippen molar-refractivity contribution < 1.29 is 18.0 Å². The lowest BCUT2D eigenvalue weighted by Crippen LogP contribution is -2.42. The van der Waals surface area contributed by atoms with Gasteiger partial charge in [0.2, 0.25) is 5.91 Å². The predicted molar refractivity (Wildman–Crippen MR) is 89.0 cm³/mol. The van der Waals surface area contributed by atoms with Gasteiger partial charge in [-0.3, -0.25) is 4.79 Å². The van der Waals surface area contributed by atoms with Crippen LogP contribution in [0.2, 0.25) is 5.02 Å². The second kappa shape index (κ2) is 7.34. The molecule has 2 rings (SSSR count). The van der Waals surface area contributed by atoms with E-state index in [4.69, 9.17) is 11.6 Å². The van der Waals surface area contributed by atoms with Crippen molar-refractivity contribution in [1.82, 2.24) is 5.32 Å². The Labute approximate surface area is 145 Å². The molecule has 2 nitrogen and oxygen atoms in total. The normalized spacial score (nSPS) is 22.2. The number of hydrogen-bond acceptors (Lipinski definition) is 1. The van der Waals surface area contributed by atoms with Crippen molar-refractivity contribution in [2.75, 3.05) is 6.54 Å². The van der Waals surface area contributed by atoms with Crippen molar-refractivity contribution in [2.45, 2.75) is 51.1 Å². The minimum absolute atomic E-state index is 0.104. The Morgan fingerprint density at radius 3 is 2.62 bits per heavy atom. The fraction of sp³-hybridized carbons (Fsp3) is 0.611. The number of halogens is 4. The van der Waals surface area contributed by atoms with Crippen LogP contribution in [0.1, 0.15) is 45.1 Å². The fourth-order valence-electron chi connectivity index (χ4n) is 3.19. The third kappa shape index (κ3) is 4.88. The van der Waals surface area contributed by atoms with Crippen LogP contribution < -0.4 is 5.32 Å². The third-order valence-corrected chi connectivity index (χ3v) is 5.05. The summed E-state index contributed by atoms with van der Waals surface area (Å²) < 4.78 is 38.6. The molecule has 0 saturated heterocycles. The summed E-state index contributed by atoms with van der Waals surface area (Å²) in [4.78, 5) is 12.3. The third-order valence-electron chi connectivity index (χ3n) is 4.82. The number of benzene rings is 1. The molecule has 0 heterocycles. The van der Waals surface area contributed by atoms with Crippen LogP contribution in [-0.2, 0) is 10.2 Å². The number of rotatable bonds is 4. The molecule has 1 aromatic rings. The van der Waals surface area contributed by atoms with Crippen LogP contribution in [0.5, 0.6) is 0 Å². The highest BCUT2D eigenvalue weighted by Gasteiger charge is 2.43. The van der Waals surface area contributed by atoms with Crippen molar-refractivity contribution in [3.8, 4) is 0 Å². The highest BCUT2D eigenvalue weighted by Crippen LogP contribution is 2.40. The molecule has 1 saturated carbocycles. The van der Waals surface area contributed by atoms with Crippen molar-refractivity contribution >= 4 is 17.5 Å². The van der Waals surface area contributed by atoms with Crippen LogP contribution in [-0.4, -0.2) is 18.6 Å². The van der Waals surface area contributed by atoms with Crippen LogP contribution in [0, 0.1) is 11.8 Å². The summed E-state index contributed by atoms with van der Waals surface area (Å²) in [5.74, 6) is -2.19. The van der Waals surface area contributed by atoms with E-state index >= 15 is 0 Å². The van der Waals surface area contributed by atoms with E-state index in [1.807, 2.05) is 32.0 Å². The van der Waals surface area contributed by atoms with Crippen LogP contribution >= 0.6 is 11.6 Å². The first-order valence-electron chi connectivity index (χ1n) is 8.20. The SMILES string of the molecule is CC(C)(CNC(=O)C1CCCC(C(F)(F)F)C1)c1cccc(Cl)c1. The number of alkyl halides is 3. The molecule has 1 aliphatic rings. The van der Waals surface area contributed by atoms with Crippen LogP contribution in [0.25, 0.3) is 0 Å². The smallest absolute Gasteiger partial charge is 0.355 e. The lowest BCUT2D eigenvalue weighted by molar-refractivity contribution is -0.186. The first kappa shape index (κ1) is 19.1. The lowest BCUT2D eigenvalue weighted by atomic mass is 9.80. The lowest BCUT2D eigenvalue weighted by Gasteiger charge is -2.31. The number of carbonyl (C=O) groups excluding carboxylic acids is 1. The van der Waals surface area contributed by atoms with Gasteiger partial charge < -0.3 is 5.32 Å². The number of nitrogens with one attached hydrogen (secondary N) is 1. The molecule has 0 bridgehead atoms. The summed E-state index contributed by atoms with van der Waals surface area (Å²) in [6.45, 7) is 4.30. The molecule has 24 heavy (non-hydrogen) atoms.